The highest BCUT2D eigenvalue weighted by Gasteiger charge is 2.39. The molecule has 14 heteroatoms. The molecule has 0 bridgehead atoms. The summed E-state index contributed by atoms with van der Waals surface area (Å²) in [5.74, 6) is -0.344. The SMILES string of the molecule is Cc1nc(Cl)nc2c1nc(NCc1ccc(S(C)(=N)=O)cn1)c(=O)n2[C@@H](C)C(F)(F)F. The van der Waals surface area contributed by atoms with Crippen molar-refractivity contribution in [3.8, 4) is 0 Å². The number of alkyl halides is 3. The van der Waals surface area contributed by atoms with Gasteiger partial charge >= 0.3 is 6.18 Å². The van der Waals surface area contributed by atoms with Crippen LogP contribution in [0.2, 0.25) is 5.28 Å². The van der Waals surface area contributed by atoms with Gasteiger partial charge in [0.1, 0.15) is 11.6 Å². The normalized spacial score (nSPS) is 14.9. The van der Waals surface area contributed by atoms with Crippen LogP contribution in [0.5, 0.6) is 0 Å². The maximum atomic E-state index is 13.4. The Kier molecular flexibility index (Phi) is 5.93. The highest BCUT2D eigenvalue weighted by Crippen LogP contribution is 2.31. The Balaban J connectivity index is 2.07. The summed E-state index contributed by atoms with van der Waals surface area (Å²) in [5.41, 5.74) is -0.768. The molecule has 0 aromatic carbocycles. The van der Waals surface area contributed by atoms with Crippen molar-refractivity contribution < 1.29 is 17.4 Å². The fraction of sp³-hybridized carbons (Fsp3) is 0.353. The average molecular weight is 476 g/mol. The molecular formula is C17H17ClF3N7O2S. The van der Waals surface area contributed by atoms with Crippen molar-refractivity contribution in [3.05, 3.63) is 45.4 Å². The molecule has 0 amide bonds. The van der Waals surface area contributed by atoms with Crippen LogP contribution in [0.4, 0.5) is 19.0 Å². The number of fused-ring (bicyclic) bond motifs is 1. The minimum Gasteiger partial charge on any atom is -0.360 e. The summed E-state index contributed by atoms with van der Waals surface area (Å²) in [6.45, 7) is 2.27. The van der Waals surface area contributed by atoms with E-state index in [0.717, 1.165) is 6.92 Å². The zero-order valence-electron chi connectivity index (χ0n) is 16.5. The van der Waals surface area contributed by atoms with Gasteiger partial charge in [-0.15, -0.1) is 0 Å². The van der Waals surface area contributed by atoms with Crippen molar-refractivity contribution in [2.24, 2.45) is 0 Å². The third-order valence-electron chi connectivity index (χ3n) is 4.43. The highest BCUT2D eigenvalue weighted by molar-refractivity contribution is 7.91. The number of rotatable bonds is 5. The monoisotopic (exact) mass is 475 g/mol. The van der Waals surface area contributed by atoms with Crippen LogP contribution in [0.25, 0.3) is 11.2 Å². The topological polar surface area (TPSA) is 127 Å². The van der Waals surface area contributed by atoms with Gasteiger partial charge in [-0.05, 0) is 37.6 Å². The number of aromatic nitrogens is 5. The van der Waals surface area contributed by atoms with Crippen LogP contribution in [0.1, 0.15) is 24.4 Å². The fourth-order valence-corrected chi connectivity index (χ4v) is 3.52. The van der Waals surface area contributed by atoms with Crippen LogP contribution in [0, 0.1) is 11.7 Å². The van der Waals surface area contributed by atoms with Crippen molar-refractivity contribution in [2.75, 3.05) is 11.6 Å². The Labute approximate surface area is 179 Å². The number of nitrogens with zero attached hydrogens (tertiary/aromatic N) is 5. The number of hydrogen-bond acceptors (Lipinski definition) is 8. The van der Waals surface area contributed by atoms with Crippen molar-refractivity contribution in [3.63, 3.8) is 0 Å². The molecule has 0 fully saturated rings. The smallest absolute Gasteiger partial charge is 0.360 e. The Morgan fingerprint density at radius 1 is 1.29 bits per heavy atom. The molecule has 3 aromatic rings. The van der Waals surface area contributed by atoms with Gasteiger partial charge in [-0.1, -0.05) is 0 Å². The molecule has 0 spiro atoms. The second kappa shape index (κ2) is 8.04. The van der Waals surface area contributed by atoms with E-state index in [1.165, 1.54) is 31.5 Å². The quantitative estimate of drug-likeness (QED) is 0.542. The van der Waals surface area contributed by atoms with E-state index >= 15 is 0 Å². The fourth-order valence-electron chi connectivity index (χ4n) is 2.73. The number of nitrogens with one attached hydrogen (secondary N) is 2. The first-order chi connectivity index (χ1) is 14.3. The summed E-state index contributed by atoms with van der Waals surface area (Å²) in [6, 6.07) is 0.757. The van der Waals surface area contributed by atoms with Crippen molar-refractivity contribution >= 4 is 38.3 Å². The highest BCUT2D eigenvalue weighted by atomic mass is 35.5. The molecule has 2 atom stereocenters. The molecule has 0 radical (unpaired) electrons. The molecule has 1 unspecified atom stereocenters. The van der Waals surface area contributed by atoms with Crippen LogP contribution in [-0.2, 0) is 16.3 Å². The van der Waals surface area contributed by atoms with Gasteiger partial charge in [-0.2, -0.15) is 18.2 Å². The van der Waals surface area contributed by atoms with Crippen molar-refractivity contribution in [1.29, 1.82) is 4.78 Å². The predicted molar refractivity (Wildman–Crippen MR) is 109 cm³/mol. The predicted octanol–water partition coefficient (Wildman–Crippen LogP) is 3.31. The molecule has 3 heterocycles. The van der Waals surface area contributed by atoms with E-state index in [4.69, 9.17) is 16.4 Å². The van der Waals surface area contributed by atoms with E-state index in [1.807, 2.05) is 0 Å². The number of hydrogen-bond donors (Lipinski definition) is 2. The van der Waals surface area contributed by atoms with E-state index < -0.39 is 27.5 Å². The Hall–Kier alpha value is -2.80. The van der Waals surface area contributed by atoms with E-state index in [0.29, 0.717) is 10.3 Å². The lowest BCUT2D eigenvalue weighted by Gasteiger charge is -2.21. The van der Waals surface area contributed by atoms with Gasteiger partial charge in [0, 0.05) is 12.5 Å². The van der Waals surface area contributed by atoms with E-state index in [-0.39, 0.29) is 39.4 Å². The van der Waals surface area contributed by atoms with Crippen LogP contribution >= 0.6 is 11.6 Å². The largest absolute Gasteiger partial charge is 0.409 e. The zero-order chi connectivity index (χ0) is 23.1. The molecule has 0 aliphatic heterocycles. The van der Waals surface area contributed by atoms with Crippen LogP contribution in [-0.4, -0.2) is 41.1 Å². The summed E-state index contributed by atoms with van der Waals surface area (Å²) in [6.07, 6.45) is -2.20. The lowest BCUT2D eigenvalue weighted by molar-refractivity contribution is -0.162. The molecule has 0 saturated carbocycles. The summed E-state index contributed by atoms with van der Waals surface area (Å²) < 4.78 is 60.1. The standard InChI is InChI=1S/C17H17ClF3N7O2S/c1-8-12-14(27-16(18)25-8)28(9(2)17(19,20)21)15(29)13(26-12)24-6-10-4-5-11(7-23-10)31(3,22)30/h4-5,7,9,22H,6H2,1-3H3,(H,24,26)/t9-,31?/m0/s1. The molecule has 166 valence electrons. The van der Waals surface area contributed by atoms with Gasteiger partial charge in [0.2, 0.25) is 5.28 Å². The van der Waals surface area contributed by atoms with Gasteiger partial charge in [-0.3, -0.25) is 14.3 Å². The molecule has 2 N–H and O–H groups in total. The first-order valence-electron chi connectivity index (χ1n) is 8.74. The first-order valence-corrected chi connectivity index (χ1v) is 11.1. The second-order valence-electron chi connectivity index (χ2n) is 6.79. The molecule has 31 heavy (non-hydrogen) atoms. The van der Waals surface area contributed by atoms with Crippen molar-refractivity contribution in [2.45, 2.75) is 37.5 Å². The molecule has 9 nitrogen and oxygen atoms in total. The molecule has 0 aliphatic rings. The van der Waals surface area contributed by atoms with E-state index in [9.17, 15) is 22.2 Å². The molecule has 3 rings (SSSR count). The summed E-state index contributed by atoms with van der Waals surface area (Å²) in [4.78, 5) is 28.9. The summed E-state index contributed by atoms with van der Waals surface area (Å²) in [7, 11) is -2.93. The number of anilines is 1. The Bertz CT molecular complexity index is 1310. The van der Waals surface area contributed by atoms with Gasteiger partial charge in [-0.25, -0.2) is 19.0 Å². The lowest BCUT2D eigenvalue weighted by atomic mass is 10.3. The molecule has 0 aliphatic carbocycles. The first kappa shape index (κ1) is 22.9. The van der Waals surface area contributed by atoms with E-state index in [1.54, 1.807) is 0 Å². The average Bonchev–Trinajstić information content (AvgIpc) is 2.65. The van der Waals surface area contributed by atoms with Gasteiger partial charge in [0.15, 0.2) is 11.5 Å². The number of aryl methyl sites for hydroxylation is 1. The Morgan fingerprint density at radius 2 is 1.97 bits per heavy atom. The lowest BCUT2D eigenvalue weighted by Crippen LogP contribution is -2.35. The molecular weight excluding hydrogens is 459 g/mol. The van der Waals surface area contributed by atoms with E-state index in [2.05, 4.69) is 25.3 Å². The third-order valence-corrected chi connectivity index (χ3v) is 5.74. The maximum Gasteiger partial charge on any atom is 0.409 e. The summed E-state index contributed by atoms with van der Waals surface area (Å²) in [5, 5.41) is 2.38. The van der Waals surface area contributed by atoms with Crippen LogP contribution < -0.4 is 10.9 Å². The molecule has 3 aromatic heterocycles. The van der Waals surface area contributed by atoms with Gasteiger partial charge < -0.3 is 5.32 Å². The van der Waals surface area contributed by atoms with Crippen LogP contribution in [0.3, 0.4) is 0 Å². The minimum absolute atomic E-state index is 0.00849. The third kappa shape index (κ3) is 4.77. The van der Waals surface area contributed by atoms with Gasteiger partial charge in [0.05, 0.1) is 32.6 Å². The number of pyridine rings is 1. The summed E-state index contributed by atoms with van der Waals surface area (Å²) >= 11 is 5.79. The van der Waals surface area contributed by atoms with Crippen LogP contribution in [0.15, 0.2) is 28.0 Å². The minimum atomic E-state index is -4.72. The zero-order valence-corrected chi connectivity index (χ0v) is 18.1. The van der Waals surface area contributed by atoms with Crippen molar-refractivity contribution in [1.82, 2.24) is 24.5 Å². The molecule has 0 saturated heterocycles. The van der Waals surface area contributed by atoms with Gasteiger partial charge in [0.25, 0.3) is 5.56 Å². The second-order valence-corrected chi connectivity index (χ2v) is 9.28. The number of halogens is 4. The maximum absolute atomic E-state index is 13.4. The Morgan fingerprint density at radius 3 is 2.52 bits per heavy atom.